The first-order valence-electron chi connectivity index (χ1n) is 8.35. The molecule has 0 radical (unpaired) electrons. The van der Waals surface area contributed by atoms with Crippen LogP contribution < -0.4 is 22.4 Å². The number of benzene rings is 3. The van der Waals surface area contributed by atoms with Crippen molar-refractivity contribution in [1.29, 1.82) is 0 Å². The number of para-hydroxylation sites is 2. The number of halogens is 1. The number of aromatic nitrogens is 2. The molecular formula is C21H16ClN3O2S. The van der Waals surface area contributed by atoms with Crippen LogP contribution in [0.5, 0.6) is 0 Å². The van der Waals surface area contributed by atoms with E-state index >= 15 is 0 Å². The number of carboxylic acid groups (broad SMARTS) is 1. The number of hydrogen-bond donors (Lipinski definition) is 2. The summed E-state index contributed by atoms with van der Waals surface area (Å²) in [5, 5.41) is 18.8. The minimum Gasteiger partial charge on any atom is -1.00 e. The molecule has 2 N–H and O–H groups in total. The van der Waals surface area contributed by atoms with Gasteiger partial charge in [-0.15, -0.1) is 0 Å². The maximum atomic E-state index is 11.1. The summed E-state index contributed by atoms with van der Waals surface area (Å²) in [5.41, 5.74) is 3.06. The molecule has 0 spiro atoms. The Hall–Kier alpha value is -3.22. The van der Waals surface area contributed by atoms with Crippen molar-refractivity contribution in [2.45, 2.75) is 0 Å². The zero-order valence-electron chi connectivity index (χ0n) is 14.6. The first-order chi connectivity index (χ1) is 13.2. The molecule has 28 heavy (non-hydrogen) atoms. The van der Waals surface area contributed by atoms with Crippen molar-refractivity contribution < 1.29 is 27.0 Å². The van der Waals surface area contributed by atoms with Crippen LogP contribution in [0.1, 0.15) is 10.4 Å². The lowest BCUT2D eigenvalue weighted by atomic mass is 10.1. The Morgan fingerprint density at radius 3 is 2.11 bits per heavy atom. The van der Waals surface area contributed by atoms with Crippen LogP contribution in [0.2, 0.25) is 0 Å². The summed E-state index contributed by atoms with van der Waals surface area (Å²) in [6.45, 7) is 0. The van der Waals surface area contributed by atoms with E-state index in [1.54, 1.807) is 12.1 Å². The van der Waals surface area contributed by atoms with Gasteiger partial charge in [-0.3, -0.25) is 0 Å². The minimum absolute atomic E-state index is 0. The molecule has 140 valence electrons. The van der Waals surface area contributed by atoms with E-state index in [1.807, 2.05) is 77.5 Å². The smallest absolute Gasteiger partial charge is 0.335 e. The third-order valence-electron chi connectivity index (χ3n) is 3.98. The lowest BCUT2D eigenvalue weighted by Gasteiger charge is -1.97. The van der Waals surface area contributed by atoms with E-state index in [0.29, 0.717) is 0 Å². The summed E-state index contributed by atoms with van der Waals surface area (Å²) in [6.07, 6.45) is 0. The van der Waals surface area contributed by atoms with Crippen LogP contribution >= 0.6 is 11.3 Å². The fourth-order valence-electron chi connectivity index (χ4n) is 2.67. The highest BCUT2D eigenvalue weighted by atomic mass is 35.5. The molecule has 0 unspecified atom stereocenters. The molecule has 1 heterocycles. The van der Waals surface area contributed by atoms with E-state index in [2.05, 4.69) is 5.32 Å². The van der Waals surface area contributed by atoms with E-state index in [9.17, 15) is 4.79 Å². The number of anilines is 2. The number of carbonyl (C=O) groups is 1. The molecule has 0 aliphatic rings. The fourth-order valence-corrected chi connectivity index (χ4v) is 3.63. The van der Waals surface area contributed by atoms with Crippen LogP contribution in [0.15, 0.2) is 84.9 Å². The molecule has 0 bridgehead atoms. The van der Waals surface area contributed by atoms with Crippen LogP contribution in [0.3, 0.4) is 0 Å². The van der Waals surface area contributed by atoms with Gasteiger partial charge >= 0.3 is 11.0 Å². The number of nitrogens with one attached hydrogen (secondary N) is 1. The van der Waals surface area contributed by atoms with Gasteiger partial charge in [-0.25, -0.2) is 4.79 Å². The van der Waals surface area contributed by atoms with Crippen molar-refractivity contribution in [3.05, 3.63) is 90.5 Å². The van der Waals surface area contributed by atoms with Gasteiger partial charge in [0.2, 0.25) is 5.69 Å². The van der Waals surface area contributed by atoms with E-state index < -0.39 is 5.97 Å². The standard InChI is InChI=1S/C21H15N3O2S.ClH/c25-20(26)16-13-11-15(12-14-16)19-24(18-9-5-2-6-10-18)23-21(27-19)22-17-7-3-1-4-8-17;/h1-14H,(H-,22,23,25,26);1H. The highest BCUT2D eigenvalue weighted by Gasteiger charge is 2.24. The third kappa shape index (κ3) is 4.19. The molecule has 4 aromatic rings. The molecule has 1 aromatic heterocycles. The van der Waals surface area contributed by atoms with Gasteiger partial charge in [0.05, 0.1) is 11.1 Å². The maximum Gasteiger partial charge on any atom is 0.335 e. The van der Waals surface area contributed by atoms with E-state index in [4.69, 9.17) is 10.2 Å². The Morgan fingerprint density at radius 2 is 1.50 bits per heavy atom. The van der Waals surface area contributed by atoms with Crippen LogP contribution in [0.25, 0.3) is 16.3 Å². The van der Waals surface area contributed by atoms with Gasteiger partial charge in [-0.2, -0.15) is 0 Å². The van der Waals surface area contributed by atoms with Crippen molar-refractivity contribution >= 4 is 28.1 Å². The normalized spacial score (nSPS) is 10.1. The number of carboxylic acids is 1. The monoisotopic (exact) mass is 409 g/mol. The molecule has 7 heteroatoms. The second-order valence-corrected chi connectivity index (χ2v) is 6.81. The molecule has 0 saturated heterocycles. The maximum absolute atomic E-state index is 11.1. The van der Waals surface area contributed by atoms with Gasteiger partial charge in [0.15, 0.2) is 0 Å². The van der Waals surface area contributed by atoms with Crippen molar-refractivity contribution in [3.8, 4) is 16.3 Å². The predicted octanol–water partition coefficient (Wildman–Crippen LogP) is 1.53. The van der Waals surface area contributed by atoms with Gasteiger partial charge in [0.25, 0.3) is 5.13 Å². The number of nitrogens with zero attached hydrogens (tertiary/aromatic N) is 2. The predicted molar refractivity (Wildman–Crippen MR) is 106 cm³/mol. The fraction of sp³-hybridized carbons (Fsp3) is 0. The molecule has 0 aliphatic carbocycles. The lowest BCUT2D eigenvalue weighted by molar-refractivity contribution is -0.642. The summed E-state index contributed by atoms with van der Waals surface area (Å²) < 4.78 is 1.87. The van der Waals surface area contributed by atoms with Crippen molar-refractivity contribution in [2.75, 3.05) is 5.32 Å². The van der Waals surface area contributed by atoms with Gasteiger partial charge < -0.3 is 22.8 Å². The highest BCUT2D eigenvalue weighted by Crippen LogP contribution is 2.28. The highest BCUT2D eigenvalue weighted by molar-refractivity contribution is 7.18. The number of rotatable bonds is 5. The molecule has 0 amide bonds. The summed E-state index contributed by atoms with van der Waals surface area (Å²) in [5.74, 6) is -0.937. The Kier molecular flexibility index (Phi) is 6.03. The second-order valence-electron chi connectivity index (χ2n) is 5.83. The van der Waals surface area contributed by atoms with Crippen LogP contribution in [-0.4, -0.2) is 16.2 Å². The number of hydrogen-bond acceptors (Lipinski definition) is 4. The lowest BCUT2D eigenvalue weighted by Crippen LogP contribution is -3.00. The minimum atomic E-state index is -0.937. The number of aromatic carboxylic acids is 1. The molecule has 4 rings (SSSR count). The summed E-state index contributed by atoms with van der Waals surface area (Å²) >= 11 is 1.51. The summed E-state index contributed by atoms with van der Waals surface area (Å²) in [4.78, 5) is 11.1. The molecular weight excluding hydrogens is 394 g/mol. The van der Waals surface area contributed by atoms with E-state index in [1.165, 1.54) is 11.3 Å². The molecule has 0 atom stereocenters. The Morgan fingerprint density at radius 1 is 0.893 bits per heavy atom. The third-order valence-corrected chi connectivity index (χ3v) is 4.96. The average molecular weight is 410 g/mol. The molecule has 3 aromatic carbocycles. The van der Waals surface area contributed by atoms with Gasteiger partial charge in [-0.05, 0) is 52.4 Å². The topological polar surface area (TPSA) is 66.1 Å². The zero-order valence-corrected chi connectivity index (χ0v) is 16.2. The quantitative estimate of drug-likeness (QED) is 0.491. The van der Waals surface area contributed by atoms with Crippen LogP contribution in [0, 0.1) is 0 Å². The van der Waals surface area contributed by atoms with Crippen molar-refractivity contribution in [2.24, 2.45) is 0 Å². The Balaban J connectivity index is 0.00000225. The summed E-state index contributed by atoms with van der Waals surface area (Å²) in [6, 6.07) is 26.5. The van der Waals surface area contributed by atoms with E-state index in [0.717, 1.165) is 27.1 Å². The molecule has 5 nitrogen and oxygen atoms in total. The molecule has 0 aliphatic heterocycles. The molecule has 0 fully saturated rings. The zero-order chi connectivity index (χ0) is 18.6. The first kappa shape index (κ1) is 19.5. The van der Waals surface area contributed by atoms with Gasteiger partial charge in [0, 0.05) is 22.9 Å². The van der Waals surface area contributed by atoms with Crippen LogP contribution in [-0.2, 0) is 0 Å². The Bertz CT molecular complexity index is 1070. The van der Waals surface area contributed by atoms with Crippen LogP contribution in [0.4, 0.5) is 10.8 Å². The first-order valence-corrected chi connectivity index (χ1v) is 9.17. The summed E-state index contributed by atoms with van der Waals surface area (Å²) in [7, 11) is 0. The van der Waals surface area contributed by atoms with Gasteiger partial charge in [0.1, 0.15) is 0 Å². The van der Waals surface area contributed by atoms with E-state index in [-0.39, 0.29) is 18.0 Å². The van der Waals surface area contributed by atoms with Crippen molar-refractivity contribution in [3.63, 3.8) is 0 Å². The average Bonchev–Trinajstić information content (AvgIpc) is 3.13. The largest absolute Gasteiger partial charge is 1.00 e. The molecule has 0 saturated carbocycles. The van der Waals surface area contributed by atoms with Crippen molar-refractivity contribution in [1.82, 2.24) is 5.10 Å². The van der Waals surface area contributed by atoms with Gasteiger partial charge in [-0.1, -0.05) is 36.4 Å². The Labute approximate surface area is 172 Å². The SMILES string of the molecule is O=C(O)c1ccc(-c2sc(Nc3ccccc3)n[n+]2-c2ccccc2)cc1.[Cl-]. The second kappa shape index (κ2) is 8.65.